The monoisotopic (exact) mass is 365 g/mol. The molecule has 7 nitrogen and oxygen atoms in total. The number of fused-ring (bicyclic) bond motifs is 1. The van der Waals surface area contributed by atoms with E-state index < -0.39 is 0 Å². The first-order chi connectivity index (χ1) is 13.1. The number of nitrogens with one attached hydrogen (secondary N) is 3. The third-order valence-electron chi connectivity index (χ3n) is 4.98. The zero-order valence-corrected chi connectivity index (χ0v) is 15.2. The minimum absolute atomic E-state index is 0.0883. The fourth-order valence-electron chi connectivity index (χ4n) is 3.53. The van der Waals surface area contributed by atoms with E-state index in [0.29, 0.717) is 13.1 Å². The van der Waals surface area contributed by atoms with Crippen molar-refractivity contribution in [1.29, 1.82) is 0 Å². The van der Waals surface area contributed by atoms with Gasteiger partial charge in [0.05, 0.1) is 11.0 Å². The lowest BCUT2D eigenvalue weighted by atomic mass is 10.2. The van der Waals surface area contributed by atoms with Gasteiger partial charge in [-0.1, -0.05) is 18.2 Å². The van der Waals surface area contributed by atoms with Gasteiger partial charge < -0.3 is 25.1 Å². The van der Waals surface area contributed by atoms with Crippen molar-refractivity contribution >= 4 is 28.3 Å². The molecule has 1 aromatic heterocycles. The summed E-state index contributed by atoms with van der Waals surface area (Å²) in [6.45, 7) is 4.96. The van der Waals surface area contributed by atoms with Crippen LogP contribution in [-0.2, 0) is 4.79 Å². The molecule has 140 valence electrons. The van der Waals surface area contributed by atoms with Crippen molar-refractivity contribution in [2.24, 2.45) is 0 Å². The van der Waals surface area contributed by atoms with Crippen molar-refractivity contribution in [2.75, 3.05) is 36.4 Å². The van der Waals surface area contributed by atoms with Gasteiger partial charge in [-0.2, -0.15) is 0 Å². The number of imidazole rings is 1. The molecule has 0 bridgehead atoms. The third-order valence-corrected chi connectivity index (χ3v) is 4.98. The molecule has 3 N–H and O–H groups in total. The SMILES string of the molecule is CC(Nc1ccc2[nH]c(=O)[nH]c2c1)C(=O)N1CCN(c2ccccc2)CC1. The molecule has 0 aliphatic carbocycles. The van der Waals surface area contributed by atoms with E-state index in [4.69, 9.17) is 0 Å². The Hall–Kier alpha value is -3.22. The lowest BCUT2D eigenvalue weighted by molar-refractivity contribution is -0.131. The fraction of sp³-hybridized carbons (Fsp3) is 0.300. The van der Waals surface area contributed by atoms with E-state index in [-0.39, 0.29) is 17.6 Å². The summed E-state index contributed by atoms with van der Waals surface area (Å²) in [5.74, 6) is 0.0883. The van der Waals surface area contributed by atoms with Crippen LogP contribution in [0.4, 0.5) is 11.4 Å². The first-order valence-corrected chi connectivity index (χ1v) is 9.17. The molecule has 1 saturated heterocycles. The second kappa shape index (κ2) is 7.19. The number of benzene rings is 2. The smallest absolute Gasteiger partial charge is 0.323 e. The maximum absolute atomic E-state index is 12.8. The summed E-state index contributed by atoms with van der Waals surface area (Å²) in [6, 6.07) is 15.5. The number of amides is 1. The number of aromatic amines is 2. The Balaban J connectivity index is 1.37. The van der Waals surface area contributed by atoms with Crippen molar-refractivity contribution < 1.29 is 4.79 Å². The van der Waals surface area contributed by atoms with Crippen molar-refractivity contribution in [2.45, 2.75) is 13.0 Å². The average Bonchev–Trinajstić information content (AvgIpc) is 3.07. The summed E-state index contributed by atoms with van der Waals surface area (Å²) in [6.07, 6.45) is 0. The van der Waals surface area contributed by atoms with E-state index in [9.17, 15) is 9.59 Å². The maximum atomic E-state index is 12.8. The minimum atomic E-state index is -0.337. The van der Waals surface area contributed by atoms with Crippen LogP contribution >= 0.6 is 0 Å². The number of carbonyl (C=O) groups excluding carboxylic acids is 1. The number of aromatic nitrogens is 2. The van der Waals surface area contributed by atoms with Gasteiger partial charge >= 0.3 is 5.69 Å². The van der Waals surface area contributed by atoms with Gasteiger partial charge in [0.15, 0.2) is 0 Å². The summed E-state index contributed by atoms with van der Waals surface area (Å²) in [5, 5.41) is 3.24. The zero-order chi connectivity index (χ0) is 18.8. The molecule has 7 heteroatoms. The summed E-state index contributed by atoms with van der Waals surface area (Å²) >= 11 is 0. The highest BCUT2D eigenvalue weighted by Crippen LogP contribution is 2.18. The van der Waals surface area contributed by atoms with Gasteiger partial charge in [0.1, 0.15) is 6.04 Å². The Labute approximate surface area is 157 Å². The molecule has 27 heavy (non-hydrogen) atoms. The second-order valence-corrected chi connectivity index (χ2v) is 6.85. The number of hydrogen-bond acceptors (Lipinski definition) is 4. The van der Waals surface area contributed by atoms with E-state index in [1.807, 2.05) is 48.2 Å². The molecular formula is C20H23N5O2. The van der Waals surface area contributed by atoms with E-state index in [1.165, 1.54) is 5.69 Å². The van der Waals surface area contributed by atoms with Crippen molar-refractivity contribution in [3.8, 4) is 0 Å². The van der Waals surface area contributed by atoms with E-state index >= 15 is 0 Å². The molecular weight excluding hydrogens is 342 g/mol. The largest absolute Gasteiger partial charge is 0.374 e. The van der Waals surface area contributed by atoms with Crippen LogP contribution in [0.5, 0.6) is 0 Å². The number of carbonyl (C=O) groups is 1. The number of H-pyrrole nitrogens is 2. The summed E-state index contributed by atoms with van der Waals surface area (Å²) in [4.78, 5) is 33.8. The van der Waals surface area contributed by atoms with E-state index in [0.717, 1.165) is 29.8 Å². The fourth-order valence-corrected chi connectivity index (χ4v) is 3.53. The highest BCUT2D eigenvalue weighted by atomic mass is 16.2. The molecule has 4 rings (SSSR count). The standard InChI is InChI=1S/C20H23N5O2/c1-14(21-15-7-8-17-18(13-15)23-20(27)22-17)19(26)25-11-9-24(10-12-25)16-5-3-2-4-6-16/h2-8,13-14,21H,9-12H2,1H3,(H2,22,23,27). The lowest BCUT2D eigenvalue weighted by Gasteiger charge is -2.37. The molecule has 1 aliphatic rings. The first-order valence-electron chi connectivity index (χ1n) is 9.17. The molecule has 1 amide bonds. The number of piperazine rings is 1. The quantitative estimate of drug-likeness (QED) is 0.660. The Morgan fingerprint density at radius 2 is 1.70 bits per heavy atom. The molecule has 0 saturated carbocycles. The molecule has 0 radical (unpaired) electrons. The number of anilines is 2. The summed E-state index contributed by atoms with van der Waals surface area (Å²) in [7, 11) is 0. The molecule has 1 aliphatic heterocycles. The summed E-state index contributed by atoms with van der Waals surface area (Å²) < 4.78 is 0. The average molecular weight is 365 g/mol. The van der Waals surface area contributed by atoms with E-state index in [1.54, 1.807) is 0 Å². The third kappa shape index (κ3) is 3.67. The lowest BCUT2D eigenvalue weighted by Crippen LogP contribution is -2.52. The van der Waals surface area contributed by atoms with Crippen LogP contribution in [0.1, 0.15) is 6.92 Å². The predicted octanol–water partition coefficient (Wildman–Crippen LogP) is 2.01. The van der Waals surface area contributed by atoms with Gasteiger partial charge in [-0.05, 0) is 37.3 Å². The zero-order valence-electron chi connectivity index (χ0n) is 15.2. The maximum Gasteiger partial charge on any atom is 0.323 e. The van der Waals surface area contributed by atoms with Crippen LogP contribution in [0.25, 0.3) is 11.0 Å². The topological polar surface area (TPSA) is 84.2 Å². The molecule has 1 atom stereocenters. The highest BCUT2D eigenvalue weighted by molar-refractivity contribution is 5.86. The molecule has 2 aromatic carbocycles. The molecule has 3 aromatic rings. The Morgan fingerprint density at radius 1 is 1.00 bits per heavy atom. The number of hydrogen-bond donors (Lipinski definition) is 3. The van der Waals surface area contributed by atoms with Crippen LogP contribution < -0.4 is 15.9 Å². The first kappa shape index (κ1) is 17.2. The Morgan fingerprint density at radius 3 is 2.44 bits per heavy atom. The Bertz CT molecular complexity index is 986. The predicted molar refractivity (Wildman–Crippen MR) is 107 cm³/mol. The van der Waals surface area contributed by atoms with Crippen LogP contribution in [0.3, 0.4) is 0 Å². The highest BCUT2D eigenvalue weighted by Gasteiger charge is 2.25. The normalized spacial score (nSPS) is 15.7. The summed E-state index contributed by atoms with van der Waals surface area (Å²) in [5.41, 5.74) is 3.25. The van der Waals surface area contributed by atoms with Crippen LogP contribution in [0.15, 0.2) is 53.3 Å². The van der Waals surface area contributed by atoms with Crippen molar-refractivity contribution in [3.63, 3.8) is 0 Å². The van der Waals surface area contributed by atoms with Crippen LogP contribution in [0.2, 0.25) is 0 Å². The van der Waals surface area contributed by atoms with Crippen molar-refractivity contribution in [3.05, 3.63) is 59.0 Å². The van der Waals surface area contributed by atoms with Crippen LogP contribution in [0, 0.1) is 0 Å². The number of nitrogens with zero attached hydrogens (tertiary/aromatic N) is 2. The Kier molecular flexibility index (Phi) is 4.58. The van der Waals surface area contributed by atoms with Gasteiger partial charge in [0.2, 0.25) is 5.91 Å². The van der Waals surface area contributed by atoms with E-state index in [2.05, 4.69) is 32.3 Å². The number of para-hydroxylation sites is 1. The van der Waals surface area contributed by atoms with Gasteiger partial charge in [-0.25, -0.2) is 4.79 Å². The molecule has 1 unspecified atom stereocenters. The molecule has 0 spiro atoms. The minimum Gasteiger partial charge on any atom is -0.374 e. The molecule has 2 heterocycles. The van der Waals surface area contributed by atoms with Gasteiger partial charge in [0.25, 0.3) is 0 Å². The van der Waals surface area contributed by atoms with Crippen LogP contribution in [-0.4, -0.2) is 53.0 Å². The van der Waals surface area contributed by atoms with Gasteiger partial charge in [-0.15, -0.1) is 0 Å². The second-order valence-electron chi connectivity index (χ2n) is 6.85. The van der Waals surface area contributed by atoms with Gasteiger partial charge in [-0.3, -0.25) is 4.79 Å². The van der Waals surface area contributed by atoms with Crippen molar-refractivity contribution in [1.82, 2.24) is 14.9 Å². The number of rotatable bonds is 4. The molecule has 1 fully saturated rings. The van der Waals surface area contributed by atoms with Gasteiger partial charge in [0, 0.05) is 37.6 Å².